The van der Waals surface area contributed by atoms with Gasteiger partial charge in [-0.2, -0.15) is 0 Å². The summed E-state index contributed by atoms with van der Waals surface area (Å²) in [6.45, 7) is 0. The van der Waals surface area contributed by atoms with E-state index in [0.717, 1.165) is 11.1 Å². The zero-order valence-corrected chi connectivity index (χ0v) is 12.0. The van der Waals surface area contributed by atoms with E-state index in [1.54, 1.807) is 12.1 Å². The molecule has 2 aromatic carbocycles. The molecule has 0 unspecified atom stereocenters. The zero-order valence-electron chi connectivity index (χ0n) is 8.94. The first-order valence-corrected chi connectivity index (χ1v) is 6.69. The molecule has 5 heteroatoms. The Bertz CT molecular complexity index is 540. The third kappa shape index (κ3) is 2.06. The number of fused-ring (bicyclic) bond motifs is 2. The van der Waals surface area contributed by atoms with E-state index in [0.29, 0.717) is 38.0 Å². The Labute approximate surface area is 124 Å². The Morgan fingerprint density at radius 2 is 1.06 bits per heavy atom. The van der Waals surface area contributed by atoms with E-state index in [-0.39, 0.29) is 0 Å². The number of ether oxygens (including phenoxy) is 1. The number of benzene rings is 2. The van der Waals surface area contributed by atoms with Gasteiger partial charge in [0.15, 0.2) is 0 Å². The maximum Gasteiger partial charge on any atom is 0.132 e. The van der Waals surface area contributed by atoms with E-state index in [4.69, 9.17) is 51.1 Å². The van der Waals surface area contributed by atoms with Crippen molar-refractivity contribution < 1.29 is 4.74 Å². The van der Waals surface area contributed by atoms with Crippen LogP contribution < -0.4 is 4.74 Å². The van der Waals surface area contributed by atoms with E-state index in [1.807, 2.05) is 12.1 Å². The molecule has 1 aliphatic rings. The quantitative estimate of drug-likeness (QED) is 0.494. The van der Waals surface area contributed by atoms with Crippen LogP contribution in [0.5, 0.6) is 11.5 Å². The van der Waals surface area contributed by atoms with Crippen LogP contribution in [0, 0.1) is 0 Å². The molecule has 92 valence electrons. The number of halogens is 4. The summed E-state index contributed by atoms with van der Waals surface area (Å²) >= 11 is 23.9. The summed E-state index contributed by atoms with van der Waals surface area (Å²) in [7, 11) is 0. The third-order valence-corrected chi connectivity index (χ3v) is 4.25. The van der Waals surface area contributed by atoms with Crippen molar-refractivity contribution in [3.05, 3.63) is 55.5 Å². The molecule has 0 atom stereocenters. The van der Waals surface area contributed by atoms with Crippen molar-refractivity contribution in [1.29, 1.82) is 0 Å². The SMILES string of the molecule is Clc1cc2c(cc1Cl)Oc1cc(Cl)c(Cl)cc1C2. The predicted octanol–water partition coefficient (Wildman–Crippen LogP) is 6.00. The van der Waals surface area contributed by atoms with Gasteiger partial charge in [-0.1, -0.05) is 46.4 Å². The molecule has 1 nitrogen and oxygen atoms in total. The predicted molar refractivity (Wildman–Crippen MR) is 75.8 cm³/mol. The van der Waals surface area contributed by atoms with Crippen molar-refractivity contribution in [3.63, 3.8) is 0 Å². The fourth-order valence-electron chi connectivity index (χ4n) is 1.93. The van der Waals surface area contributed by atoms with E-state index in [1.165, 1.54) is 0 Å². The lowest BCUT2D eigenvalue weighted by Crippen LogP contribution is -2.03. The number of rotatable bonds is 0. The summed E-state index contributed by atoms with van der Waals surface area (Å²) in [6, 6.07) is 7.05. The standard InChI is InChI=1S/C13H6Cl4O/c14-8-2-6-1-7-3-9(15)11(17)5-13(7)18-12(6)4-10(8)16/h2-5H,1H2. The summed E-state index contributed by atoms with van der Waals surface area (Å²) in [4.78, 5) is 0. The van der Waals surface area contributed by atoms with Crippen molar-refractivity contribution in [2.24, 2.45) is 0 Å². The lowest BCUT2D eigenvalue weighted by atomic mass is 10.0. The van der Waals surface area contributed by atoms with Gasteiger partial charge in [0.05, 0.1) is 20.1 Å². The van der Waals surface area contributed by atoms with Gasteiger partial charge in [-0.3, -0.25) is 0 Å². The second-order valence-electron chi connectivity index (χ2n) is 4.03. The van der Waals surface area contributed by atoms with Gasteiger partial charge < -0.3 is 4.74 Å². The Kier molecular flexibility index (Phi) is 3.11. The molecule has 0 aliphatic carbocycles. The van der Waals surface area contributed by atoms with Crippen molar-refractivity contribution in [1.82, 2.24) is 0 Å². The molecule has 1 aliphatic heterocycles. The van der Waals surface area contributed by atoms with Crippen molar-refractivity contribution in [2.75, 3.05) is 0 Å². The highest BCUT2D eigenvalue weighted by atomic mass is 35.5. The summed E-state index contributed by atoms with van der Waals surface area (Å²) in [5.41, 5.74) is 1.96. The molecule has 0 spiro atoms. The highest BCUT2D eigenvalue weighted by Crippen LogP contribution is 2.42. The van der Waals surface area contributed by atoms with Gasteiger partial charge >= 0.3 is 0 Å². The summed E-state index contributed by atoms with van der Waals surface area (Å²) < 4.78 is 5.76. The fourth-order valence-corrected chi connectivity index (χ4v) is 2.61. The van der Waals surface area contributed by atoms with Gasteiger partial charge in [0.2, 0.25) is 0 Å². The van der Waals surface area contributed by atoms with Gasteiger partial charge in [-0.05, 0) is 12.1 Å². The average Bonchev–Trinajstić information content (AvgIpc) is 2.31. The highest BCUT2D eigenvalue weighted by molar-refractivity contribution is 6.42. The van der Waals surface area contributed by atoms with Crippen LogP contribution in [0.1, 0.15) is 11.1 Å². The minimum Gasteiger partial charge on any atom is -0.457 e. The molecular formula is C13H6Cl4O. The molecule has 0 aromatic heterocycles. The van der Waals surface area contributed by atoms with Gasteiger partial charge in [0.25, 0.3) is 0 Å². The lowest BCUT2D eigenvalue weighted by Gasteiger charge is -2.21. The lowest BCUT2D eigenvalue weighted by molar-refractivity contribution is 0.460. The largest absolute Gasteiger partial charge is 0.457 e. The number of hydrogen-bond donors (Lipinski definition) is 0. The van der Waals surface area contributed by atoms with E-state index >= 15 is 0 Å². The Morgan fingerprint density at radius 1 is 0.667 bits per heavy atom. The van der Waals surface area contributed by atoms with Crippen LogP contribution in [0.4, 0.5) is 0 Å². The maximum absolute atomic E-state index is 5.99. The molecule has 0 amide bonds. The van der Waals surface area contributed by atoms with Crippen LogP contribution in [0.15, 0.2) is 24.3 Å². The summed E-state index contributed by atoms with van der Waals surface area (Å²) in [6.07, 6.45) is 0.693. The second-order valence-corrected chi connectivity index (χ2v) is 5.66. The van der Waals surface area contributed by atoms with Crippen LogP contribution >= 0.6 is 46.4 Å². The van der Waals surface area contributed by atoms with E-state index in [2.05, 4.69) is 0 Å². The topological polar surface area (TPSA) is 9.23 Å². The second kappa shape index (κ2) is 4.50. The third-order valence-electron chi connectivity index (χ3n) is 2.81. The normalized spacial score (nSPS) is 12.7. The van der Waals surface area contributed by atoms with Gasteiger partial charge in [0, 0.05) is 29.7 Å². The molecule has 0 bridgehead atoms. The van der Waals surface area contributed by atoms with Crippen LogP contribution in [0.3, 0.4) is 0 Å². The average molecular weight is 320 g/mol. The Balaban J connectivity index is 2.12. The van der Waals surface area contributed by atoms with Crippen LogP contribution in [-0.2, 0) is 6.42 Å². The first-order chi connectivity index (χ1) is 8.54. The van der Waals surface area contributed by atoms with E-state index < -0.39 is 0 Å². The molecular weight excluding hydrogens is 314 g/mol. The van der Waals surface area contributed by atoms with Crippen LogP contribution in [-0.4, -0.2) is 0 Å². The summed E-state index contributed by atoms with van der Waals surface area (Å²) in [5, 5.41) is 1.97. The van der Waals surface area contributed by atoms with Gasteiger partial charge in [-0.15, -0.1) is 0 Å². The Morgan fingerprint density at radius 3 is 1.50 bits per heavy atom. The van der Waals surface area contributed by atoms with Crippen molar-refractivity contribution in [3.8, 4) is 11.5 Å². The molecule has 1 heterocycles. The fraction of sp³-hybridized carbons (Fsp3) is 0.0769. The molecule has 0 fully saturated rings. The smallest absolute Gasteiger partial charge is 0.132 e. The molecule has 3 rings (SSSR count). The Hall–Kier alpha value is -0.600. The van der Waals surface area contributed by atoms with Crippen molar-refractivity contribution in [2.45, 2.75) is 6.42 Å². The monoisotopic (exact) mass is 318 g/mol. The minimum absolute atomic E-state index is 0.471. The zero-order chi connectivity index (χ0) is 12.9. The van der Waals surface area contributed by atoms with Crippen molar-refractivity contribution >= 4 is 46.4 Å². The minimum atomic E-state index is 0.471. The van der Waals surface area contributed by atoms with Gasteiger partial charge in [0.1, 0.15) is 11.5 Å². The number of hydrogen-bond acceptors (Lipinski definition) is 1. The highest BCUT2D eigenvalue weighted by Gasteiger charge is 2.20. The van der Waals surface area contributed by atoms with Gasteiger partial charge in [-0.25, -0.2) is 0 Å². The maximum atomic E-state index is 5.99. The first-order valence-electron chi connectivity index (χ1n) is 5.18. The molecule has 0 saturated heterocycles. The summed E-state index contributed by atoms with van der Waals surface area (Å²) in [5.74, 6) is 1.41. The first kappa shape index (κ1) is 12.4. The molecule has 0 saturated carbocycles. The molecule has 18 heavy (non-hydrogen) atoms. The van der Waals surface area contributed by atoms with E-state index in [9.17, 15) is 0 Å². The molecule has 0 radical (unpaired) electrons. The van der Waals surface area contributed by atoms with Crippen LogP contribution in [0.25, 0.3) is 0 Å². The molecule has 2 aromatic rings. The van der Waals surface area contributed by atoms with Crippen LogP contribution in [0.2, 0.25) is 20.1 Å². The molecule has 0 N–H and O–H groups in total.